The molecule has 4 rings (SSSR count). The average Bonchev–Trinajstić information content (AvgIpc) is 3.07. The van der Waals surface area contributed by atoms with E-state index < -0.39 is 23.5 Å². The van der Waals surface area contributed by atoms with E-state index in [1.807, 2.05) is 13.0 Å². The number of hydrogen-bond donors (Lipinski definition) is 1. The van der Waals surface area contributed by atoms with E-state index in [1.54, 1.807) is 36.4 Å². The number of amides is 3. The van der Waals surface area contributed by atoms with Crippen LogP contribution in [0.2, 0.25) is 0 Å². The Morgan fingerprint density at radius 1 is 1.06 bits per heavy atom. The number of piperidine rings is 1. The first kappa shape index (κ1) is 20.7. The van der Waals surface area contributed by atoms with E-state index in [0.29, 0.717) is 24.0 Å². The highest BCUT2D eigenvalue weighted by Crippen LogP contribution is 2.28. The van der Waals surface area contributed by atoms with Gasteiger partial charge in [0.05, 0.1) is 0 Å². The molecule has 158 valence electrons. The van der Waals surface area contributed by atoms with E-state index in [9.17, 15) is 24.0 Å². The Morgan fingerprint density at radius 3 is 2.52 bits per heavy atom. The third kappa shape index (κ3) is 4.17. The van der Waals surface area contributed by atoms with Gasteiger partial charge in [0.25, 0.3) is 5.91 Å². The molecule has 2 heterocycles. The summed E-state index contributed by atoms with van der Waals surface area (Å²) in [5.41, 5.74) is 3.56. The molecule has 7 nitrogen and oxygen atoms in total. The number of benzene rings is 2. The molecule has 31 heavy (non-hydrogen) atoms. The Bertz CT molecular complexity index is 1100. The van der Waals surface area contributed by atoms with Crippen LogP contribution in [0.5, 0.6) is 0 Å². The molecule has 0 radical (unpaired) electrons. The predicted octanol–water partition coefficient (Wildman–Crippen LogP) is 2.14. The molecule has 0 spiro atoms. The molecular formula is C24H22N2O5. The SMILES string of the molecule is Cc1ccc(C(=O)C(=O)CCc2ccc3c(c2)CN(C2CCC(=O)NC2=O)C3=O)cc1. The number of ketones is 2. The number of hydrogen-bond acceptors (Lipinski definition) is 5. The first-order chi connectivity index (χ1) is 14.8. The average molecular weight is 418 g/mol. The molecule has 1 fully saturated rings. The van der Waals surface area contributed by atoms with Gasteiger partial charge in [-0.05, 0) is 37.0 Å². The summed E-state index contributed by atoms with van der Waals surface area (Å²) < 4.78 is 0. The molecule has 1 unspecified atom stereocenters. The zero-order chi connectivity index (χ0) is 22.1. The van der Waals surface area contributed by atoms with Crippen molar-refractivity contribution in [3.05, 3.63) is 70.3 Å². The molecule has 2 aliphatic rings. The second-order valence-corrected chi connectivity index (χ2v) is 8.01. The zero-order valence-corrected chi connectivity index (χ0v) is 17.1. The van der Waals surface area contributed by atoms with Crippen molar-refractivity contribution < 1.29 is 24.0 Å². The Labute approximate surface area is 179 Å². The smallest absolute Gasteiger partial charge is 0.255 e. The van der Waals surface area contributed by atoms with Gasteiger partial charge in [-0.2, -0.15) is 0 Å². The summed E-state index contributed by atoms with van der Waals surface area (Å²) in [6.07, 6.45) is 0.985. The molecule has 0 bridgehead atoms. The normalized spacial score (nSPS) is 18.0. The molecule has 1 N–H and O–H groups in total. The topological polar surface area (TPSA) is 101 Å². The van der Waals surface area contributed by atoms with Gasteiger partial charge in [-0.3, -0.25) is 29.3 Å². The van der Waals surface area contributed by atoms with Gasteiger partial charge in [0.1, 0.15) is 6.04 Å². The molecule has 2 aliphatic heterocycles. The number of carbonyl (C=O) groups excluding carboxylic acids is 5. The number of nitrogens with zero attached hydrogens (tertiary/aromatic N) is 1. The summed E-state index contributed by atoms with van der Waals surface area (Å²) in [4.78, 5) is 62.4. The Hall–Kier alpha value is -3.61. The van der Waals surface area contributed by atoms with Gasteiger partial charge in [-0.25, -0.2) is 0 Å². The van der Waals surface area contributed by atoms with Crippen LogP contribution in [0.15, 0.2) is 42.5 Å². The highest BCUT2D eigenvalue weighted by Gasteiger charge is 2.39. The number of nitrogens with one attached hydrogen (secondary N) is 1. The fourth-order valence-electron chi connectivity index (χ4n) is 4.02. The zero-order valence-electron chi connectivity index (χ0n) is 17.1. The summed E-state index contributed by atoms with van der Waals surface area (Å²) in [5.74, 6) is -1.96. The summed E-state index contributed by atoms with van der Waals surface area (Å²) in [7, 11) is 0. The number of rotatable bonds is 6. The summed E-state index contributed by atoms with van der Waals surface area (Å²) in [6.45, 7) is 2.19. The van der Waals surface area contributed by atoms with Crippen LogP contribution in [0.25, 0.3) is 0 Å². The minimum absolute atomic E-state index is 0.0797. The second kappa shape index (κ2) is 8.26. The van der Waals surface area contributed by atoms with E-state index in [4.69, 9.17) is 0 Å². The van der Waals surface area contributed by atoms with Crippen LogP contribution in [-0.2, 0) is 27.3 Å². The summed E-state index contributed by atoms with van der Waals surface area (Å²) in [6, 6.07) is 11.6. The lowest BCUT2D eigenvalue weighted by Gasteiger charge is -2.29. The first-order valence-electron chi connectivity index (χ1n) is 10.2. The molecule has 0 saturated carbocycles. The molecule has 0 aliphatic carbocycles. The molecule has 2 aromatic rings. The fourth-order valence-corrected chi connectivity index (χ4v) is 4.02. The van der Waals surface area contributed by atoms with Gasteiger partial charge in [0.15, 0.2) is 0 Å². The minimum Gasteiger partial charge on any atom is -0.322 e. The van der Waals surface area contributed by atoms with Crippen LogP contribution in [0.4, 0.5) is 0 Å². The predicted molar refractivity (Wildman–Crippen MR) is 111 cm³/mol. The molecular weight excluding hydrogens is 396 g/mol. The lowest BCUT2D eigenvalue weighted by atomic mass is 9.98. The van der Waals surface area contributed by atoms with Crippen molar-refractivity contribution >= 4 is 29.3 Å². The van der Waals surface area contributed by atoms with Crippen molar-refractivity contribution in [2.75, 3.05) is 0 Å². The van der Waals surface area contributed by atoms with Crippen molar-refractivity contribution in [1.29, 1.82) is 0 Å². The summed E-state index contributed by atoms with van der Waals surface area (Å²) in [5, 5.41) is 2.28. The van der Waals surface area contributed by atoms with E-state index in [2.05, 4.69) is 5.32 Å². The largest absolute Gasteiger partial charge is 0.322 e. The van der Waals surface area contributed by atoms with E-state index >= 15 is 0 Å². The lowest BCUT2D eigenvalue weighted by molar-refractivity contribution is -0.136. The molecule has 0 aromatic heterocycles. The van der Waals surface area contributed by atoms with Gasteiger partial charge in [-0.1, -0.05) is 42.0 Å². The molecule has 7 heteroatoms. The number of imide groups is 1. The Kier molecular flexibility index (Phi) is 5.50. The van der Waals surface area contributed by atoms with Gasteiger partial charge in [-0.15, -0.1) is 0 Å². The summed E-state index contributed by atoms with van der Waals surface area (Å²) >= 11 is 0. The second-order valence-electron chi connectivity index (χ2n) is 8.01. The van der Waals surface area contributed by atoms with E-state index in [0.717, 1.165) is 16.7 Å². The van der Waals surface area contributed by atoms with Gasteiger partial charge in [0.2, 0.25) is 23.4 Å². The van der Waals surface area contributed by atoms with Gasteiger partial charge < -0.3 is 4.90 Å². The number of carbonyl (C=O) groups is 5. The van der Waals surface area contributed by atoms with Crippen molar-refractivity contribution in [2.24, 2.45) is 0 Å². The highest BCUT2D eigenvalue weighted by atomic mass is 16.2. The van der Waals surface area contributed by atoms with Crippen molar-refractivity contribution in [1.82, 2.24) is 10.2 Å². The van der Waals surface area contributed by atoms with Gasteiger partial charge in [0, 0.05) is 30.5 Å². The quantitative estimate of drug-likeness (QED) is 0.440. The molecule has 1 atom stereocenters. The van der Waals surface area contributed by atoms with E-state index in [1.165, 1.54) is 4.90 Å². The fraction of sp³-hybridized carbons (Fsp3) is 0.292. The van der Waals surface area contributed by atoms with Gasteiger partial charge >= 0.3 is 0 Å². The van der Waals surface area contributed by atoms with Crippen LogP contribution < -0.4 is 5.32 Å². The maximum atomic E-state index is 12.7. The van der Waals surface area contributed by atoms with Crippen LogP contribution in [0, 0.1) is 6.92 Å². The van der Waals surface area contributed by atoms with Crippen LogP contribution in [0.1, 0.15) is 56.7 Å². The lowest BCUT2D eigenvalue weighted by Crippen LogP contribution is -2.52. The maximum Gasteiger partial charge on any atom is 0.255 e. The van der Waals surface area contributed by atoms with Crippen molar-refractivity contribution in [3.63, 3.8) is 0 Å². The standard InChI is InChI=1S/C24H22N2O5/c1-14-2-6-16(7-3-14)22(29)20(27)10-5-15-4-8-18-17(12-15)13-26(24(18)31)19-9-11-21(28)25-23(19)30/h2-4,6-8,12,19H,5,9-11,13H2,1H3,(H,25,28,30). The maximum absolute atomic E-state index is 12.7. The highest BCUT2D eigenvalue weighted by molar-refractivity contribution is 6.43. The Morgan fingerprint density at radius 2 is 1.81 bits per heavy atom. The molecule has 3 amide bonds. The van der Waals surface area contributed by atoms with Crippen LogP contribution >= 0.6 is 0 Å². The van der Waals surface area contributed by atoms with E-state index in [-0.39, 0.29) is 31.2 Å². The molecule has 1 saturated heterocycles. The monoisotopic (exact) mass is 418 g/mol. The third-order valence-electron chi connectivity index (χ3n) is 5.80. The number of fused-ring (bicyclic) bond motifs is 1. The minimum atomic E-state index is -0.658. The van der Waals surface area contributed by atoms with Crippen LogP contribution in [-0.4, -0.2) is 40.2 Å². The van der Waals surface area contributed by atoms with Crippen molar-refractivity contribution in [3.8, 4) is 0 Å². The first-order valence-corrected chi connectivity index (χ1v) is 10.2. The number of Topliss-reactive ketones (excluding diaryl/α,β-unsaturated/α-hetero) is 2. The number of aryl methyl sites for hydroxylation is 2. The molecule has 2 aromatic carbocycles. The Balaban J connectivity index is 1.41. The van der Waals surface area contributed by atoms with Crippen LogP contribution in [0.3, 0.4) is 0 Å². The van der Waals surface area contributed by atoms with Crippen molar-refractivity contribution in [2.45, 2.75) is 45.2 Å². The third-order valence-corrected chi connectivity index (χ3v) is 5.80.